The molecule has 32 heavy (non-hydrogen) atoms. The smallest absolute Gasteiger partial charge is 0.255 e. The molecule has 7 heteroatoms. The molecule has 1 aromatic heterocycles. The molecule has 2 N–H and O–H groups in total. The number of nitrogens with one attached hydrogen (secondary N) is 2. The van der Waals surface area contributed by atoms with Crippen molar-refractivity contribution in [1.29, 1.82) is 0 Å². The highest BCUT2D eigenvalue weighted by Crippen LogP contribution is 2.25. The number of carbonyl (C=O) groups is 2. The van der Waals surface area contributed by atoms with Gasteiger partial charge in [0, 0.05) is 17.3 Å². The van der Waals surface area contributed by atoms with Crippen molar-refractivity contribution in [3.8, 4) is 17.0 Å². The largest absolute Gasteiger partial charge is 0.497 e. The van der Waals surface area contributed by atoms with E-state index in [1.54, 1.807) is 24.9 Å². The van der Waals surface area contributed by atoms with Crippen molar-refractivity contribution in [3.63, 3.8) is 0 Å². The van der Waals surface area contributed by atoms with E-state index in [0.29, 0.717) is 17.8 Å². The van der Waals surface area contributed by atoms with Crippen molar-refractivity contribution in [2.45, 2.75) is 45.8 Å². The normalized spacial score (nSPS) is 12.2. The SMILES string of the molecule is COc1ccc(-c2nn(Cc3ccccc3)cc2C(=O)NC(C)C(=O)NC(C)(C)C)cc1. The summed E-state index contributed by atoms with van der Waals surface area (Å²) in [5, 5.41) is 10.4. The molecule has 2 aromatic carbocycles. The number of carbonyl (C=O) groups excluding carboxylic acids is 2. The van der Waals surface area contributed by atoms with Crippen LogP contribution in [0.2, 0.25) is 0 Å². The van der Waals surface area contributed by atoms with Gasteiger partial charge in [-0.1, -0.05) is 30.3 Å². The minimum atomic E-state index is -0.692. The van der Waals surface area contributed by atoms with E-state index in [-0.39, 0.29) is 17.4 Å². The third-order valence-corrected chi connectivity index (χ3v) is 4.80. The van der Waals surface area contributed by atoms with Gasteiger partial charge in [-0.05, 0) is 57.5 Å². The van der Waals surface area contributed by atoms with Crippen molar-refractivity contribution in [3.05, 3.63) is 71.9 Å². The quantitative estimate of drug-likeness (QED) is 0.595. The standard InChI is InChI=1S/C25H30N4O3/c1-17(23(30)27-25(2,3)4)26-24(31)21-16-29(15-18-9-7-6-8-10-18)28-22(21)19-11-13-20(32-5)14-12-19/h6-14,16-17H,15H2,1-5H3,(H,26,31)(H,27,30). The van der Waals surface area contributed by atoms with Crippen LogP contribution in [0.3, 0.4) is 0 Å². The lowest BCUT2D eigenvalue weighted by Crippen LogP contribution is -2.50. The summed E-state index contributed by atoms with van der Waals surface area (Å²) in [6.07, 6.45) is 1.72. The van der Waals surface area contributed by atoms with Crippen LogP contribution in [0.15, 0.2) is 60.8 Å². The predicted molar refractivity (Wildman–Crippen MR) is 125 cm³/mol. The lowest BCUT2D eigenvalue weighted by atomic mass is 10.1. The first-order chi connectivity index (χ1) is 15.2. The third kappa shape index (κ3) is 5.97. The van der Waals surface area contributed by atoms with Crippen LogP contribution >= 0.6 is 0 Å². The van der Waals surface area contributed by atoms with E-state index in [4.69, 9.17) is 4.74 Å². The van der Waals surface area contributed by atoms with Gasteiger partial charge in [0.2, 0.25) is 5.91 Å². The molecule has 1 unspecified atom stereocenters. The van der Waals surface area contributed by atoms with E-state index in [1.165, 1.54) is 0 Å². The molecule has 0 bridgehead atoms. The summed E-state index contributed by atoms with van der Waals surface area (Å²) in [5.74, 6) is 0.121. The fourth-order valence-electron chi connectivity index (χ4n) is 3.22. The molecule has 0 radical (unpaired) electrons. The minimum absolute atomic E-state index is 0.242. The molecule has 7 nitrogen and oxygen atoms in total. The van der Waals surface area contributed by atoms with Crippen LogP contribution in [-0.4, -0.2) is 40.3 Å². The molecule has 0 spiro atoms. The zero-order chi connectivity index (χ0) is 23.3. The van der Waals surface area contributed by atoms with Crippen LogP contribution in [0.5, 0.6) is 5.75 Å². The second kappa shape index (κ2) is 9.68. The van der Waals surface area contributed by atoms with E-state index < -0.39 is 6.04 Å². The molecular weight excluding hydrogens is 404 g/mol. The van der Waals surface area contributed by atoms with Crippen molar-refractivity contribution in [2.24, 2.45) is 0 Å². The number of amides is 2. The van der Waals surface area contributed by atoms with Gasteiger partial charge >= 0.3 is 0 Å². The molecule has 0 saturated carbocycles. The van der Waals surface area contributed by atoms with Gasteiger partial charge in [-0.25, -0.2) is 0 Å². The maximum absolute atomic E-state index is 13.1. The van der Waals surface area contributed by atoms with E-state index in [1.807, 2.05) is 75.4 Å². The molecule has 3 rings (SSSR count). The molecule has 1 heterocycles. The van der Waals surface area contributed by atoms with Crippen LogP contribution < -0.4 is 15.4 Å². The lowest BCUT2D eigenvalue weighted by Gasteiger charge is -2.23. The Labute approximate surface area is 188 Å². The van der Waals surface area contributed by atoms with Gasteiger partial charge in [0.15, 0.2) is 0 Å². The Morgan fingerprint density at radius 3 is 2.31 bits per heavy atom. The summed E-state index contributed by atoms with van der Waals surface area (Å²) in [6, 6.07) is 16.6. The molecule has 0 saturated heterocycles. The second-order valence-electron chi connectivity index (χ2n) is 8.74. The number of benzene rings is 2. The summed E-state index contributed by atoms with van der Waals surface area (Å²) in [6.45, 7) is 7.89. The first kappa shape index (κ1) is 23.1. The highest BCUT2D eigenvalue weighted by Gasteiger charge is 2.24. The van der Waals surface area contributed by atoms with Gasteiger partial charge in [0.1, 0.15) is 17.5 Å². The number of methoxy groups -OCH3 is 1. The van der Waals surface area contributed by atoms with Crippen LogP contribution in [0, 0.1) is 0 Å². The van der Waals surface area contributed by atoms with E-state index in [2.05, 4.69) is 15.7 Å². The summed E-state index contributed by atoms with van der Waals surface area (Å²) in [7, 11) is 1.60. The first-order valence-corrected chi connectivity index (χ1v) is 10.5. The second-order valence-corrected chi connectivity index (χ2v) is 8.74. The van der Waals surface area contributed by atoms with Crippen LogP contribution in [0.4, 0.5) is 0 Å². The third-order valence-electron chi connectivity index (χ3n) is 4.80. The molecule has 1 atom stereocenters. The van der Waals surface area contributed by atoms with Crippen LogP contribution in [-0.2, 0) is 11.3 Å². The first-order valence-electron chi connectivity index (χ1n) is 10.5. The Balaban J connectivity index is 1.89. The Morgan fingerprint density at radius 1 is 1.06 bits per heavy atom. The monoisotopic (exact) mass is 434 g/mol. The number of hydrogen-bond acceptors (Lipinski definition) is 4. The maximum atomic E-state index is 13.1. The predicted octanol–water partition coefficient (Wildman–Crippen LogP) is 3.64. The molecule has 0 aliphatic heterocycles. The molecule has 3 aromatic rings. The molecule has 0 aliphatic carbocycles. The van der Waals surface area contributed by atoms with Gasteiger partial charge in [-0.3, -0.25) is 14.3 Å². The number of rotatable bonds is 7. The Morgan fingerprint density at radius 2 is 1.72 bits per heavy atom. The van der Waals surface area contributed by atoms with Gasteiger partial charge in [0.25, 0.3) is 5.91 Å². The lowest BCUT2D eigenvalue weighted by molar-refractivity contribution is -0.124. The highest BCUT2D eigenvalue weighted by atomic mass is 16.5. The van der Waals surface area contributed by atoms with Gasteiger partial charge in [-0.15, -0.1) is 0 Å². The van der Waals surface area contributed by atoms with E-state index in [0.717, 1.165) is 16.9 Å². The van der Waals surface area contributed by atoms with E-state index >= 15 is 0 Å². The molecule has 2 amide bonds. The topological polar surface area (TPSA) is 85.2 Å². The van der Waals surface area contributed by atoms with Crippen LogP contribution in [0.25, 0.3) is 11.3 Å². The molecule has 168 valence electrons. The Kier molecular flexibility index (Phi) is 6.98. The van der Waals surface area contributed by atoms with Gasteiger partial charge < -0.3 is 15.4 Å². The van der Waals surface area contributed by atoms with Gasteiger partial charge in [0.05, 0.1) is 19.2 Å². The zero-order valence-electron chi connectivity index (χ0n) is 19.2. The minimum Gasteiger partial charge on any atom is -0.497 e. The number of aromatic nitrogens is 2. The summed E-state index contributed by atoms with van der Waals surface area (Å²) < 4.78 is 6.98. The molecular formula is C25H30N4O3. The van der Waals surface area contributed by atoms with Gasteiger partial charge in [-0.2, -0.15) is 5.10 Å². The van der Waals surface area contributed by atoms with E-state index in [9.17, 15) is 9.59 Å². The number of ether oxygens (including phenoxy) is 1. The van der Waals surface area contributed by atoms with Crippen molar-refractivity contribution < 1.29 is 14.3 Å². The number of nitrogens with zero attached hydrogens (tertiary/aromatic N) is 2. The average Bonchev–Trinajstić information content (AvgIpc) is 3.17. The number of hydrogen-bond donors (Lipinski definition) is 2. The zero-order valence-corrected chi connectivity index (χ0v) is 19.2. The summed E-state index contributed by atoms with van der Waals surface area (Å²) in [4.78, 5) is 25.6. The fraction of sp³-hybridized carbons (Fsp3) is 0.320. The van der Waals surface area contributed by atoms with Crippen LogP contribution in [0.1, 0.15) is 43.6 Å². The Hall–Kier alpha value is -3.61. The summed E-state index contributed by atoms with van der Waals surface area (Å²) in [5.41, 5.74) is 2.42. The molecule has 0 fully saturated rings. The highest BCUT2D eigenvalue weighted by molar-refractivity contribution is 6.02. The maximum Gasteiger partial charge on any atom is 0.255 e. The summed E-state index contributed by atoms with van der Waals surface area (Å²) >= 11 is 0. The van der Waals surface area contributed by atoms with Crippen molar-refractivity contribution in [2.75, 3.05) is 7.11 Å². The molecule has 0 aliphatic rings. The van der Waals surface area contributed by atoms with Crippen molar-refractivity contribution in [1.82, 2.24) is 20.4 Å². The Bertz CT molecular complexity index is 1070. The van der Waals surface area contributed by atoms with Crippen molar-refractivity contribution >= 4 is 11.8 Å². The average molecular weight is 435 g/mol. The fourth-order valence-corrected chi connectivity index (χ4v) is 3.22.